The molecule has 6 nitrogen and oxygen atoms in total. The van der Waals surface area contributed by atoms with Crippen molar-refractivity contribution in [2.24, 2.45) is 0 Å². The van der Waals surface area contributed by atoms with Crippen molar-refractivity contribution >= 4 is 17.0 Å². The Kier molecular flexibility index (Phi) is 5.14. The summed E-state index contributed by atoms with van der Waals surface area (Å²) in [6.45, 7) is 7.36. The lowest BCUT2D eigenvalue weighted by Gasteiger charge is -2.10. The van der Waals surface area contributed by atoms with Gasteiger partial charge in [-0.15, -0.1) is 0 Å². The van der Waals surface area contributed by atoms with Crippen LogP contribution in [-0.4, -0.2) is 33.9 Å². The zero-order valence-electron chi connectivity index (χ0n) is 12.8. The minimum Gasteiger partial charge on any atom is -0.492 e. The van der Waals surface area contributed by atoms with Gasteiger partial charge in [0.1, 0.15) is 11.3 Å². The second-order valence-electron chi connectivity index (χ2n) is 4.61. The topological polar surface area (TPSA) is 66.2 Å². The Morgan fingerprint density at radius 3 is 2.71 bits per heavy atom. The van der Waals surface area contributed by atoms with Gasteiger partial charge in [0.2, 0.25) is 0 Å². The van der Waals surface area contributed by atoms with Gasteiger partial charge in [0, 0.05) is 12.7 Å². The Bertz CT molecular complexity index is 622. The summed E-state index contributed by atoms with van der Waals surface area (Å²) >= 11 is 0. The van der Waals surface area contributed by atoms with Gasteiger partial charge in [0.25, 0.3) is 0 Å². The molecule has 0 aliphatic heterocycles. The number of nitrogens with zero attached hydrogens (tertiary/aromatic N) is 3. The minimum atomic E-state index is -0.420. The normalized spacial score (nSPS) is 10.8. The Hall–Kier alpha value is -2.11. The highest BCUT2D eigenvalue weighted by molar-refractivity contribution is 5.98. The fourth-order valence-corrected chi connectivity index (χ4v) is 2.13. The molecule has 0 bridgehead atoms. The van der Waals surface area contributed by atoms with Crippen LogP contribution in [0.4, 0.5) is 0 Å². The summed E-state index contributed by atoms with van der Waals surface area (Å²) in [7, 11) is 0. The molecule has 0 fully saturated rings. The molecule has 114 valence electrons. The first-order valence-corrected chi connectivity index (χ1v) is 7.37. The number of aryl methyl sites for hydroxylation is 1. The number of carbonyl (C=O) groups is 1. The number of fused-ring (bicyclic) bond motifs is 1. The van der Waals surface area contributed by atoms with Crippen LogP contribution < -0.4 is 4.74 Å². The minimum absolute atomic E-state index is 0.318. The van der Waals surface area contributed by atoms with Crippen LogP contribution in [0.15, 0.2) is 12.4 Å². The van der Waals surface area contributed by atoms with E-state index < -0.39 is 5.97 Å². The summed E-state index contributed by atoms with van der Waals surface area (Å²) in [4.78, 5) is 16.4. The third-order valence-electron chi connectivity index (χ3n) is 3.12. The van der Waals surface area contributed by atoms with E-state index in [1.807, 2.05) is 11.6 Å². The molecule has 0 saturated carbocycles. The Morgan fingerprint density at radius 2 is 2.05 bits per heavy atom. The third kappa shape index (κ3) is 3.15. The summed E-state index contributed by atoms with van der Waals surface area (Å²) in [5.41, 5.74) is 1.08. The number of ether oxygens (including phenoxy) is 2. The molecular weight excluding hydrogens is 270 g/mol. The molecule has 0 aliphatic carbocycles. The first-order chi connectivity index (χ1) is 10.2. The van der Waals surface area contributed by atoms with Crippen LogP contribution in [0.3, 0.4) is 0 Å². The largest absolute Gasteiger partial charge is 0.492 e. The van der Waals surface area contributed by atoms with Crippen LogP contribution in [0, 0.1) is 0 Å². The number of hydrogen-bond acceptors (Lipinski definition) is 5. The van der Waals surface area contributed by atoms with Gasteiger partial charge in [-0.1, -0.05) is 13.3 Å². The molecule has 6 heteroatoms. The van der Waals surface area contributed by atoms with Gasteiger partial charge >= 0.3 is 5.97 Å². The van der Waals surface area contributed by atoms with E-state index in [4.69, 9.17) is 9.47 Å². The van der Waals surface area contributed by atoms with Crippen molar-refractivity contribution in [2.45, 2.75) is 40.2 Å². The number of rotatable bonds is 7. The van der Waals surface area contributed by atoms with Gasteiger partial charge in [-0.25, -0.2) is 14.5 Å². The lowest BCUT2D eigenvalue weighted by atomic mass is 10.2. The van der Waals surface area contributed by atoms with E-state index in [1.54, 1.807) is 13.1 Å². The number of esters is 1. The van der Waals surface area contributed by atoms with Crippen LogP contribution in [0.25, 0.3) is 11.0 Å². The Balaban J connectivity index is 2.47. The van der Waals surface area contributed by atoms with E-state index in [2.05, 4.69) is 17.0 Å². The molecule has 0 aromatic carbocycles. The monoisotopic (exact) mass is 291 g/mol. The maximum Gasteiger partial charge on any atom is 0.343 e. The van der Waals surface area contributed by atoms with Gasteiger partial charge in [0.05, 0.1) is 24.8 Å². The average molecular weight is 291 g/mol. The second-order valence-corrected chi connectivity index (χ2v) is 4.61. The van der Waals surface area contributed by atoms with Crippen LogP contribution >= 0.6 is 0 Å². The number of carbonyl (C=O) groups excluding carboxylic acids is 1. The van der Waals surface area contributed by atoms with Crippen LogP contribution in [0.1, 0.15) is 44.0 Å². The quantitative estimate of drug-likeness (QED) is 0.734. The van der Waals surface area contributed by atoms with Gasteiger partial charge in [-0.05, 0) is 20.3 Å². The van der Waals surface area contributed by atoms with Gasteiger partial charge < -0.3 is 9.47 Å². The molecule has 2 aromatic heterocycles. The number of unbranched alkanes of at least 4 members (excludes halogenated alkanes) is 1. The molecule has 2 heterocycles. The molecule has 21 heavy (non-hydrogen) atoms. The molecule has 0 amide bonds. The molecule has 0 spiro atoms. The Morgan fingerprint density at radius 1 is 1.24 bits per heavy atom. The van der Waals surface area contributed by atoms with Crippen LogP contribution in [0.5, 0.6) is 5.75 Å². The summed E-state index contributed by atoms with van der Waals surface area (Å²) in [5, 5.41) is 5.09. The summed E-state index contributed by atoms with van der Waals surface area (Å²) in [6.07, 6.45) is 5.32. The van der Waals surface area contributed by atoms with E-state index in [0.29, 0.717) is 24.5 Å². The van der Waals surface area contributed by atoms with Crippen molar-refractivity contribution in [1.82, 2.24) is 14.8 Å². The lowest BCUT2D eigenvalue weighted by Crippen LogP contribution is -2.09. The maximum absolute atomic E-state index is 12.0. The van der Waals surface area contributed by atoms with Gasteiger partial charge in [-0.2, -0.15) is 5.10 Å². The summed E-state index contributed by atoms with van der Waals surface area (Å²) < 4.78 is 12.5. The zero-order valence-corrected chi connectivity index (χ0v) is 12.8. The van der Waals surface area contributed by atoms with Gasteiger partial charge in [0.15, 0.2) is 5.65 Å². The van der Waals surface area contributed by atoms with Crippen molar-refractivity contribution in [3.8, 4) is 5.75 Å². The number of aromatic nitrogens is 3. The van der Waals surface area contributed by atoms with Crippen LogP contribution in [-0.2, 0) is 11.3 Å². The van der Waals surface area contributed by atoms with E-state index in [0.717, 1.165) is 30.4 Å². The summed E-state index contributed by atoms with van der Waals surface area (Å²) in [6, 6.07) is 0. The van der Waals surface area contributed by atoms with Crippen molar-refractivity contribution in [3.05, 3.63) is 18.0 Å². The SMILES string of the molecule is CCCCn1ncc2c(OCC)c(C(=O)OCC)cnc21. The van der Waals surface area contributed by atoms with E-state index in [9.17, 15) is 4.79 Å². The smallest absolute Gasteiger partial charge is 0.343 e. The fourth-order valence-electron chi connectivity index (χ4n) is 2.13. The molecule has 0 atom stereocenters. The standard InChI is InChI=1S/C15H21N3O3/c1-4-7-8-18-14-11(10-17-18)13(20-5-2)12(9-16-14)15(19)21-6-3/h9-10H,4-8H2,1-3H3. The Labute approximate surface area is 124 Å². The lowest BCUT2D eigenvalue weighted by molar-refractivity contribution is 0.0522. The molecule has 0 aliphatic rings. The highest BCUT2D eigenvalue weighted by Gasteiger charge is 2.20. The predicted octanol–water partition coefficient (Wildman–Crippen LogP) is 2.81. The van der Waals surface area contributed by atoms with Crippen molar-refractivity contribution < 1.29 is 14.3 Å². The second kappa shape index (κ2) is 7.06. The third-order valence-corrected chi connectivity index (χ3v) is 3.12. The molecule has 0 saturated heterocycles. The first-order valence-electron chi connectivity index (χ1n) is 7.37. The molecule has 2 aromatic rings. The summed E-state index contributed by atoms with van der Waals surface area (Å²) in [5.74, 6) is 0.0837. The van der Waals surface area contributed by atoms with Crippen LogP contribution in [0.2, 0.25) is 0 Å². The molecule has 0 radical (unpaired) electrons. The molecule has 0 N–H and O–H groups in total. The molecular formula is C15H21N3O3. The van der Waals surface area contributed by atoms with Gasteiger partial charge in [-0.3, -0.25) is 0 Å². The number of pyridine rings is 1. The van der Waals surface area contributed by atoms with E-state index in [1.165, 1.54) is 6.20 Å². The van der Waals surface area contributed by atoms with Crippen molar-refractivity contribution in [3.63, 3.8) is 0 Å². The first kappa shape index (κ1) is 15.3. The predicted molar refractivity (Wildman–Crippen MR) is 79.6 cm³/mol. The number of hydrogen-bond donors (Lipinski definition) is 0. The van der Waals surface area contributed by atoms with Crippen molar-refractivity contribution in [2.75, 3.05) is 13.2 Å². The van der Waals surface area contributed by atoms with Crippen molar-refractivity contribution in [1.29, 1.82) is 0 Å². The highest BCUT2D eigenvalue weighted by Crippen LogP contribution is 2.29. The van der Waals surface area contributed by atoms with E-state index in [-0.39, 0.29) is 0 Å². The maximum atomic E-state index is 12.0. The van der Waals surface area contributed by atoms with E-state index >= 15 is 0 Å². The molecule has 0 unspecified atom stereocenters. The molecule has 2 rings (SSSR count). The zero-order chi connectivity index (χ0) is 15.2. The average Bonchev–Trinajstić information content (AvgIpc) is 2.89. The highest BCUT2D eigenvalue weighted by atomic mass is 16.5. The fraction of sp³-hybridized carbons (Fsp3) is 0.533.